The summed E-state index contributed by atoms with van der Waals surface area (Å²) in [6, 6.07) is 7.95. The summed E-state index contributed by atoms with van der Waals surface area (Å²) in [6.07, 6.45) is 3.60. The van der Waals surface area contributed by atoms with Gasteiger partial charge in [0.1, 0.15) is 13.2 Å². The number of nitrogens with zero attached hydrogens (tertiary/aromatic N) is 1. The Morgan fingerprint density at radius 1 is 1.00 bits per heavy atom. The van der Waals surface area contributed by atoms with Gasteiger partial charge in [0.05, 0.1) is 0 Å². The number of hydrogen-bond acceptors (Lipinski definition) is 4. The number of nitrogens with two attached hydrogens (primary N) is 1. The highest BCUT2D eigenvalue weighted by Crippen LogP contribution is 2.34. The van der Waals surface area contributed by atoms with E-state index in [1.54, 1.807) is 6.20 Å². The highest BCUT2D eigenvalue weighted by molar-refractivity contribution is 5.67. The Kier molecular flexibility index (Phi) is 2.86. The van der Waals surface area contributed by atoms with Gasteiger partial charge in [0, 0.05) is 24.5 Å². The molecule has 3 rings (SSSR count). The van der Waals surface area contributed by atoms with Gasteiger partial charge in [-0.05, 0) is 29.3 Å². The van der Waals surface area contributed by atoms with Crippen molar-refractivity contribution in [3.05, 3.63) is 42.2 Å². The van der Waals surface area contributed by atoms with Gasteiger partial charge in [-0.25, -0.2) is 0 Å². The molecule has 0 bridgehead atoms. The molecule has 2 heterocycles. The number of ether oxygens (including phenoxy) is 2. The molecule has 0 amide bonds. The lowest BCUT2D eigenvalue weighted by atomic mass is 10.1. The molecule has 0 radical (unpaired) electrons. The van der Waals surface area contributed by atoms with Crippen LogP contribution in [0.2, 0.25) is 0 Å². The van der Waals surface area contributed by atoms with Crippen LogP contribution in [0.4, 0.5) is 0 Å². The van der Waals surface area contributed by atoms with Gasteiger partial charge in [-0.3, -0.25) is 4.98 Å². The van der Waals surface area contributed by atoms with E-state index in [2.05, 4.69) is 4.98 Å². The van der Waals surface area contributed by atoms with Crippen LogP contribution in [0.1, 0.15) is 5.56 Å². The Hall–Kier alpha value is -2.07. The Bertz CT molecular complexity index is 569. The van der Waals surface area contributed by atoms with Crippen molar-refractivity contribution < 1.29 is 9.47 Å². The maximum absolute atomic E-state index is 5.62. The van der Waals surface area contributed by atoms with E-state index in [0.717, 1.165) is 28.2 Å². The highest BCUT2D eigenvalue weighted by atomic mass is 16.6. The van der Waals surface area contributed by atoms with E-state index in [-0.39, 0.29) is 0 Å². The largest absolute Gasteiger partial charge is 0.486 e. The molecular formula is C14H14N2O2. The lowest BCUT2D eigenvalue weighted by Crippen LogP contribution is -2.15. The summed E-state index contributed by atoms with van der Waals surface area (Å²) in [4.78, 5) is 4.19. The summed E-state index contributed by atoms with van der Waals surface area (Å²) < 4.78 is 11.1. The molecule has 0 aliphatic carbocycles. The fraction of sp³-hybridized carbons (Fsp3) is 0.214. The summed E-state index contributed by atoms with van der Waals surface area (Å²) in [7, 11) is 0. The highest BCUT2D eigenvalue weighted by Gasteiger charge is 2.12. The van der Waals surface area contributed by atoms with Crippen molar-refractivity contribution >= 4 is 0 Å². The van der Waals surface area contributed by atoms with Crippen molar-refractivity contribution in [1.82, 2.24) is 4.98 Å². The van der Waals surface area contributed by atoms with Gasteiger partial charge < -0.3 is 15.2 Å². The number of pyridine rings is 1. The van der Waals surface area contributed by atoms with Crippen molar-refractivity contribution in [1.29, 1.82) is 0 Å². The summed E-state index contributed by atoms with van der Waals surface area (Å²) in [5.41, 5.74) is 8.73. The second kappa shape index (κ2) is 4.66. The van der Waals surface area contributed by atoms with Gasteiger partial charge in [0.2, 0.25) is 0 Å². The monoisotopic (exact) mass is 242 g/mol. The first-order valence-corrected chi connectivity index (χ1v) is 5.91. The quantitative estimate of drug-likeness (QED) is 0.874. The number of hydrogen-bond donors (Lipinski definition) is 1. The van der Waals surface area contributed by atoms with Crippen molar-refractivity contribution in [2.75, 3.05) is 13.2 Å². The Balaban J connectivity index is 2.00. The van der Waals surface area contributed by atoms with Crippen LogP contribution in [0.25, 0.3) is 11.1 Å². The summed E-state index contributed by atoms with van der Waals surface area (Å²) in [6.45, 7) is 1.69. The zero-order valence-electron chi connectivity index (χ0n) is 9.93. The third-order valence-electron chi connectivity index (χ3n) is 2.91. The Labute approximate surface area is 105 Å². The van der Waals surface area contributed by atoms with Crippen LogP contribution in [0.5, 0.6) is 11.5 Å². The first-order chi connectivity index (χ1) is 8.86. The van der Waals surface area contributed by atoms with Gasteiger partial charge in [-0.1, -0.05) is 6.07 Å². The Morgan fingerprint density at radius 2 is 1.83 bits per heavy atom. The molecule has 4 heteroatoms. The molecule has 4 nitrogen and oxygen atoms in total. The zero-order chi connectivity index (χ0) is 12.4. The molecule has 0 unspecified atom stereocenters. The molecule has 92 valence electrons. The van der Waals surface area contributed by atoms with Crippen molar-refractivity contribution in [2.45, 2.75) is 6.54 Å². The third-order valence-corrected chi connectivity index (χ3v) is 2.91. The molecule has 0 spiro atoms. The van der Waals surface area contributed by atoms with E-state index in [4.69, 9.17) is 15.2 Å². The van der Waals surface area contributed by atoms with Crippen molar-refractivity contribution in [3.8, 4) is 22.6 Å². The normalized spacial score (nSPS) is 13.4. The number of aromatic nitrogens is 1. The van der Waals surface area contributed by atoms with Crippen LogP contribution >= 0.6 is 0 Å². The standard InChI is InChI=1S/C14H14N2O2/c15-7-10-5-12(9-16-8-10)11-1-2-13-14(6-11)18-4-3-17-13/h1-2,5-6,8-9H,3-4,7,15H2. The molecule has 1 aromatic carbocycles. The van der Waals surface area contributed by atoms with Gasteiger partial charge in [0.25, 0.3) is 0 Å². The number of rotatable bonds is 2. The average molecular weight is 242 g/mol. The van der Waals surface area contributed by atoms with Crippen LogP contribution in [0.15, 0.2) is 36.7 Å². The third kappa shape index (κ3) is 2.02. The summed E-state index contributed by atoms with van der Waals surface area (Å²) in [5, 5.41) is 0. The van der Waals surface area contributed by atoms with E-state index >= 15 is 0 Å². The van der Waals surface area contributed by atoms with E-state index < -0.39 is 0 Å². The summed E-state index contributed by atoms with van der Waals surface area (Å²) >= 11 is 0. The molecule has 0 atom stereocenters. The van der Waals surface area contributed by atoms with E-state index in [1.807, 2.05) is 30.5 Å². The summed E-state index contributed by atoms with van der Waals surface area (Å²) in [5.74, 6) is 1.59. The minimum atomic E-state index is 0.491. The molecule has 0 saturated carbocycles. The first-order valence-electron chi connectivity index (χ1n) is 5.91. The lowest BCUT2D eigenvalue weighted by molar-refractivity contribution is 0.171. The topological polar surface area (TPSA) is 57.4 Å². The van der Waals surface area contributed by atoms with Crippen molar-refractivity contribution in [2.24, 2.45) is 5.73 Å². The van der Waals surface area contributed by atoms with Gasteiger partial charge >= 0.3 is 0 Å². The van der Waals surface area contributed by atoms with Gasteiger partial charge in [-0.2, -0.15) is 0 Å². The van der Waals surface area contributed by atoms with E-state index in [0.29, 0.717) is 19.8 Å². The molecule has 2 aromatic rings. The smallest absolute Gasteiger partial charge is 0.161 e. The maximum atomic E-state index is 5.62. The molecule has 0 fully saturated rings. The van der Waals surface area contributed by atoms with Crippen LogP contribution in [-0.4, -0.2) is 18.2 Å². The zero-order valence-corrected chi connectivity index (χ0v) is 9.93. The first kappa shape index (κ1) is 11.0. The molecule has 2 N–H and O–H groups in total. The average Bonchev–Trinajstić information content (AvgIpc) is 2.47. The van der Waals surface area contributed by atoms with E-state index in [1.165, 1.54) is 0 Å². The molecule has 1 aliphatic heterocycles. The number of fused-ring (bicyclic) bond motifs is 1. The van der Waals surface area contributed by atoms with E-state index in [9.17, 15) is 0 Å². The van der Waals surface area contributed by atoms with Crippen LogP contribution in [0.3, 0.4) is 0 Å². The SMILES string of the molecule is NCc1cncc(-c2ccc3c(c2)OCCO3)c1. The lowest BCUT2D eigenvalue weighted by Gasteiger charge is -2.18. The maximum Gasteiger partial charge on any atom is 0.161 e. The van der Waals surface area contributed by atoms with Crippen LogP contribution in [-0.2, 0) is 6.54 Å². The Morgan fingerprint density at radius 3 is 2.67 bits per heavy atom. The minimum Gasteiger partial charge on any atom is -0.486 e. The molecule has 1 aromatic heterocycles. The second-order valence-electron chi connectivity index (χ2n) is 4.14. The molecule has 18 heavy (non-hydrogen) atoms. The minimum absolute atomic E-state index is 0.491. The van der Waals surface area contributed by atoms with Crippen LogP contribution in [0, 0.1) is 0 Å². The molecule has 0 saturated heterocycles. The number of benzene rings is 1. The fourth-order valence-electron chi connectivity index (χ4n) is 1.98. The second-order valence-corrected chi connectivity index (χ2v) is 4.14. The predicted octanol–water partition coefficient (Wildman–Crippen LogP) is 1.98. The molecular weight excluding hydrogens is 228 g/mol. The van der Waals surface area contributed by atoms with Crippen molar-refractivity contribution in [3.63, 3.8) is 0 Å². The molecule has 1 aliphatic rings. The van der Waals surface area contributed by atoms with Gasteiger partial charge in [-0.15, -0.1) is 0 Å². The fourth-order valence-corrected chi connectivity index (χ4v) is 1.98. The predicted molar refractivity (Wildman–Crippen MR) is 68.6 cm³/mol. The van der Waals surface area contributed by atoms with Crippen LogP contribution < -0.4 is 15.2 Å². The van der Waals surface area contributed by atoms with Gasteiger partial charge in [0.15, 0.2) is 11.5 Å².